The molecule has 17 heavy (non-hydrogen) atoms. The lowest BCUT2D eigenvalue weighted by Crippen LogP contribution is -2.01. The van der Waals surface area contributed by atoms with Gasteiger partial charge in [-0.05, 0) is 6.42 Å². The molecule has 0 aliphatic rings. The van der Waals surface area contributed by atoms with Crippen LogP contribution in [0.2, 0.25) is 0 Å². The van der Waals surface area contributed by atoms with E-state index < -0.39 is 5.82 Å². The van der Waals surface area contributed by atoms with Crippen LogP contribution in [-0.4, -0.2) is 13.7 Å². The molecule has 0 fully saturated rings. The molecule has 0 heterocycles. The molecule has 1 aromatic rings. The third-order valence-corrected chi connectivity index (χ3v) is 2.54. The van der Waals surface area contributed by atoms with E-state index in [9.17, 15) is 4.39 Å². The standard InChI is InChI=1S/C13H20FNO2/c1-3-4-5-6-7-17-12-9-13(16-2)11(15)8-10(12)14/h8-9H,3-7,15H2,1-2H3. The van der Waals surface area contributed by atoms with Crippen LogP contribution in [0.5, 0.6) is 11.5 Å². The van der Waals surface area contributed by atoms with Gasteiger partial charge in [-0.1, -0.05) is 26.2 Å². The maximum absolute atomic E-state index is 13.5. The summed E-state index contributed by atoms with van der Waals surface area (Å²) in [6.07, 6.45) is 4.38. The summed E-state index contributed by atoms with van der Waals surface area (Å²) in [6.45, 7) is 2.66. The summed E-state index contributed by atoms with van der Waals surface area (Å²) >= 11 is 0. The molecule has 96 valence electrons. The Labute approximate surface area is 102 Å². The highest BCUT2D eigenvalue weighted by molar-refractivity contribution is 5.56. The molecule has 0 amide bonds. The molecule has 0 spiro atoms. The van der Waals surface area contributed by atoms with Crippen LogP contribution in [0.1, 0.15) is 32.6 Å². The Morgan fingerprint density at radius 3 is 2.59 bits per heavy atom. The van der Waals surface area contributed by atoms with Crippen LogP contribution >= 0.6 is 0 Å². The number of benzene rings is 1. The van der Waals surface area contributed by atoms with E-state index in [2.05, 4.69) is 6.92 Å². The number of anilines is 1. The minimum Gasteiger partial charge on any atom is -0.494 e. The Morgan fingerprint density at radius 2 is 1.94 bits per heavy atom. The van der Waals surface area contributed by atoms with E-state index in [1.807, 2.05) is 0 Å². The van der Waals surface area contributed by atoms with Gasteiger partial charge in [-0.25, -0.2) is 4.39 Å². The van der Waals surface area contributed by atoms with E-state index in [-0.39, 0.29) is 11.4 Å². The zero-order chi connectivity index (χ0) is 12.7. The average Bonchev–Trinajstić information content (AvgIpc) is 2.31. The van der Waals surface area contributed by atoms with Gasteiger partial charge in [-0.2, -0.15) is 0 Å². The number of ether oxygens (including phenoxy) is 2. The van der Waals surface area contributed by atoms with Crippen molar-refractivity contribution in [3.63, 3.8) is 0 Å². The van der Waals surface area contributed by atoms with Crippen LogP contribution in [0, 0.1) is 5.82 Å². The van der Waals surface area contributed by atoms with Gasteiger partial charge < -0.3 is 15.2 Å². The van der Waals surface area contributed by atoms with Crippen molar-refractivity contribution in [2.75, 3.05) is 19.5 Å². The predicted octanol–water partition coefficient (Wildman–Crippen LogP) is 3.38. The van der Waals surface area contributed by atoms with Crippen LogP contribution < -0.4 is 15.2 Å². The fourth-order valence-corrected chi connectivity index (χ4v) is 1.55. The van der Waals surface area contributed by atoms with Crippen LogP contribution in [0.4, 0.5) is 10.1 Å². The van der Waals surface area contributed by atoms with E-state index in [1.165, 1.54) is 32.1 Å². The largest absolute Gasteiger partial charge is 0.494 e. The molecule has 4 heteroatoms. The van der Waals surface area contributed by atoms with E-state index >= 15 is 0 Å². The van der Waals surface area contributed by atoms with Crippen molar-refractivity contribution in [2.24, 2.45) is 0 Å². The number of rotatable bonds is 7. The highest BCUT2D eigenvalue weighted by Gasteiger charge is 2.09. The van der Waals surface area contributed by atoms with Crippen molar-refractivity contribution in [1.82, 2.24) is 0 Å². The lowest BCUT2D eigenvalue weighted by molar-refractivity contribution is 0.288. The monoisotopic (exact) mass is 241 g/mol. The number of unbranched alkanes of at least 4 members (excludes halogenated alkanes) is 3. The molecule has 0 saturated carbocycles. The normalized spacial score (nSPS) is 10.3. The van der Waals surface area contributed by atoms with E-state index in [0.717, 1.165) is 12.8 Å². The van der Waals surface area contributed by atoms with Gasteiger partial charge in [-0.3, -0.25) is 0 Å². The van der Waals surface area contributed by atoms with Crippen molar-refractivity contribution in [2.45, 2.75) is 32.6 Å². The van der Waals surface area contributed by atoms with Crippen LogP contribution in [0.3, 0.4) is 0 Å². The van der Waals surface area contributed by atoms with Gasteiger partial charge >= 0.3 is 0 Å². The summed E-state index contributed by atoms with van der Waals surface area (Å²) in [6, 6.07) is 2.71. The Hall–Kier alpha value is -1.45. The van der Waals surface area contributed by atoms with Crippen molar-refractivity contribution >= 4 is 5.69 Å². The number of halogens is 1. The number of methoxy groups -OCH3 is 1. The zero-order valence-electron chi connectivity index (χ0n) is 10.5. The topological polar surface area (TPSA) is 44.5 Å². The highest BCUT2D eigenvalue weighted by atomic mass is 19.1. The minimum atomic E-state index is -0.446. The Morgan fingerprint density at radius 1 is 1.18 bits per heavy atom. The molecule has 3 nitrogen and oxygen atoms in total. The van der Waals surface area contributed by atoms with Gasteiger partial charge in [0, 0.05) is 12.1 Å². The molecular formula is C13H20FNO2. The molecule has 0 unspecified atom stereocenters. The van der Waals surface area contributed by atoms with Gasteiger partial charge in [0.25, 0.3) is 0 Å². The molecule has 1 rings (SSSR count). The Balaban J connectivity index is 2.52. The second-order valence-electron chi connectivity index (χ2n) is 3.93. The Kier molecular flexibility index (Phi) is 5.60. The zero-order valence-corrected chi connectivity index (χ0v) is 10.5. The lowest BCUT2D eigenvalue weighted by atomic mass is 10.2. The van der Waals surface area contributed by atoms with E-state index in [4.69, 9.17) is 15.2 Å². The lowest BCUT2D eigenvalue weighted by Gasteiger charge is -2.10. The molecular weight excluding hydrogens is 221 g/mol. The van der Waals surface area contributed by atoms with Gasteiger partial charge in [-0.15, -0.1) is 0 Å². The molecule has 0 saturated heterocycles. The smallest absolute Gasteiger partial charge is 0.167 e. The molecule has 0 radical (unpaired) electrons. The van der Waals surface area contributed by atoms with Crippen LogP contribution in [0.25, 0.3) is 0 Å². The van der Waals surface area contributed by atoms with Crippen LogP contribution in [-0.2, 0) is 0 Å². The number of hydrogen-bond acceptors (Lipinski definition) is 3. The number of nitrogen functional groups attached to an aromatic ring is 1. The highest BCUT2D eigenvalue weighted by Crippen LogP contribution is 2.29. The first kappa shape index (κ1) is 13.6. The fraction of sp³-hybridized carbons (Fsp3) is 0.538. The third kappa shape index (κ3) is 4.13. The van der Waals surface area contributed by atoms with Crippen molar-refractivity contribution in [1.29, 1.82) is 0 Å². The van der Waals surface area contributed by atoms with Gasteiger partial charge in [0.15, 0.2) is 11.6 Å². The van der Waals surface area contributed by atoms with Crippen molar-refractivity contribution in [3.05, 3.63) is 17.9 Å². The molecule has 1 aromatic carbocycles. The van der Waals surface area contributed by atoms with E-state index in [1.54, 1.807) is 0 Å². The maximum Gasteiger partial charge on any atom is 0.167 e. The Bertz CT molecular complexity index is 356. The van der Waals surface area contributed by atoms with E-state index in [0.29, 0.717) is 12.4 Å². The van der Waals surface area contributed by atoms with Gasteiger partial charge in [0.1, 0.15) is 5.75 Å². The quantitative estimate of drug-likeness (QED) is 0.588. The SMILES string of the molecule is CCCCCCOc1cc(OC)c(N)cc1F. The van der Waals surface area contributed by atoms with Gasteiger partial charge in [0.2, 0.25) is 0 Å². The summed E-state index contributed by atoms with van der Waals surface area (Å²) in [4.78, 5) is 0. The molecule has 0 atom stereocenters. The first-order valence-corrected chi connectivity index (χ1v) is 5.94. The molecule has 0 aliphatic heterocycles. The summed E-state index contributed by atoms with van der Waals surface area (Å²) < 4.78 is 23.9. The fourth-order valence-electron chi connectivity index (χ4n) is 1.55. The summed E-state index contributed by atoms with van der Waals surface area (Å²) in [5.41, 5.74) is 5.86. The second kappa shape index (κ2) is 6.99. The first-order valence-electron chi connectivity index (χ1n) is 5.94. The van der Waals surface area contributed by atoms with Crippen molar-refractivity contribution < 1.29 is 13.9 Å². The predicted molar refractivity (Wildman–Crippen MR) is 67.0 cm³/mol. The number of nitrogens with two attached hydrogens (primary N) is 1. The summed E-state index contributed by atoms with van der Waals surface area (Å²) in [7, 11) is 1.49. The second-order valence-corrected chi connectivity index (χ2v) is 3.93. The third-order valence-electron chi connectivity index (χ3n) is 2.54. The molecule has 0 aliphatic carbocycles. The molecule has 0 aromatic heterocycles. The molecule has 2 N–H and O–H groups in total. The summed E-state index contributed by atoms with van der Waals surface area (Å²) in [5, 5.41) is 0. The average molecular weight is 241 g/mol. The first-order chi connectivity index (χ1) is 8.19. The summed E-state index contributed by atoms with van der Waals surface area (Å²) in [5.74, 6) is 0.196. The maximum atomic E-state index is 13.5. The minimum absolute atomic E-state index is 0.201. The molecule has 0 bridgehead atoms. The number of hydrogen-bond donors (Lipinski definition) is 1. The van der Waals surface area contributed by atoms with Gasteiger partial charge in [0.05, 0.1) is 19.4 Å². The van der Waals surface area contributed by atoms with Crippen LogP contribution in [0.15, 0.2) is 12.1 Å². The van der Waals surface area contributed by atoms with Crippen molar-refractivity contribution in [3.8, 4) is 11.5 Å².